The molecule has 0 aliphatic heterocycles. The molecule has 0 aromatic carbocycles. The fourth-order valence-corrected chi connectivity index (χ4v) is 5.09. The zero-order valence-electron chi connectivity index (χ0n) is 13.2. The molecule has 122 valence electrons. The first-order valence-corrected chi connectivity index (χ1v) is 7.83. The number of ether oxygens (including phenoxy) is 3. The first kappa shape index (κ1) is 15.3. The van der Waals surface area contributed by atoms with Crippen LogP contribution in [0.1, 0.15) is 52.9 Å². The van der Waals surface area contributed by atoms with E-state index in [4.69, 9.17) is 14.2 Å². The summed E-state index contributed by atoms with van der Waals surface area (Å²) in [5.41, 5.74) is -0.480. The minimum Gasteiger partial charge on any atom is -0.459 e. The van der Waals surface area contributed by atoms with Gasteiger partial charge in [0, 0.05) is 32.6 Å². The van der Waals surface area contributed by atoms with Crippen molar-refractivity contribution in [1.29, 1.82) is 0 Å². The number of carbonyl (C=O) groups excluding carboxylic acids is 3. The van der Waals surface area contributed by atoms with E-state index >= 15 is 0 Å². The highest BCUT2D eigenvalue weighted by molar-refractivity contribution is 5.69. The van der Waals surface area contributed by atoms with Crippen LogP contribution in [0.15, 0.2) is 0 Å². The Morgan fingerprint density at radius 3 is 1.64 bits per heavy atom. The van der Waals surface area contributed by atoms with E-state index in [2.05, 4.69) is 0 Å². The lowest BCUT2D eigenvalue weighted by Crippen LogP contribution is -2.67. The second-order valence-electron chi connectivity index (χ2n) is 7.03. The van der Waals surface area contributed by atoms with Crippen LogP contribution in [0.5, 0.6) is 0 Å². The third-order valence-electron chi connectivity index (χ3n) is 5.24. The quantitative estimate of drug-likeness (QED) is 0.585. The molecule has 6 nitrogen and oxygen atoms in total. The Kier molecular flexibility index (Phi) is 3.45. The van der Waals surface area contributed by atoms with E-state index in [-0.39, 0.29) is 17.8 Å². The van der Waals surface area contributed by atoms with Crippen LogP contribution in [-0.4, -0.2) is 29.3 Å². The van der Waals surface area contributed by atoms with Gasteiger partial charge in [-0.15, -0.1) is 0 Å². The van der Waals surface area contributed by atoms with Gasteiger partial charge in [-0.25, -0.2) is 0 Å². The van der Waals surface area contributed by atoms with Gasteiger partial charge in [0.2, 0.25) is 0 Å². The molecule has 0 aromatic heterocycles. The van der Waals surface area contributed by atoms with Gasteiger partial charge in [0.05, 0.1) is 0 Å². The maximum Gasteiger partial charge on any atom is 0.305 e. The minimum atomic E-state index is -1.18. The van der Waals surface area contributed by atoms with Gasteiger partial charge in [0.25, 0.3) is 5.79 Å². The van der Waals surface area contributed by atoms with E-state index in [1.807, 2.05) is 0 Å². The summed E-state index contributed by atoms with van der Waals surface area (Å²) < 4.78 is 16.7. The van der Waals surface area contributed by atoms with Crippen LogP contribution in [0.3, 0.4) is 0 Å². The Morgan fingerprint density at radius 2 is 1.23 bits per heavy atom. The van der Waals surface area contributed by atoms with Crippen LogP contribution in [0, 0.1) is 17.8 Å². The fourth-order valence-electron chi connectivity index (χ4n) is 5.09. The standard InChI is InChI=1S/C16H22O6/c1-9(17)20-15-6-12-4-13(7-15)16(21-10(2)18,22-11(3)19)14(5-12)8-15/h12-14H,4-8H2,1-3H3/t12?,13-,14-,15?/m0/s1. The molecule has 0 spiro atoms. The lowest BCUT2D eigenvalue weighted by molar-refractivity contribution is -0.328. The molecule has 2 atom stereocenters. The molecule has 4 aliphatic carbocycles. The molecule has 0 N–H and O–H groups in total. The smallest absolute Gasteiger partial charge is 0.305 e. The van der Waals surface area contributed by atoms with E-state index in [0.29, 0.717) is 18.8 Å². The van der Waals surface area contributed by atoms with Crippen molar-refractivity contribution in [2.24, 2.45) is 17.8 Å². The summed E-state index contributed by atoms with van der Waals surface area (Å²) in [5.74, 6) is -2.15. The van der Waals surface area contributed by atoms with Crippen LogP contribution in [0.4, 0.5) is 0 Å². The number of carbonyl (C=O) groups is 3. The lowest BCUT2D eigenvalue weighted by Gasteiger charge is -2.61. The second kappa shape index (κ2) is 4.96. The predicted molar refractivity (Wildman–Crippen MR) is 74.3 cm³/mol. The fraction of sp³-hybridized carbons (Fsp3) is 0.812. The van der Waals surface area contributed by atoms with Crippen molar-refractivity contribution in [2.75, 3.05) is 0 Å². The number of hydrogen-bond donors (Lipinski definition) is 0. The van der Waals surface area contributed by atoms with E-state index in [1.54, 1.807) is 0 Å². The average molecular weight is 310 g/mol. The molecule has 6 heteroatoms. The lowest BCUT2D eigenvalue weighted by atomic mass is 9.51. The van der Waals surface area contributed by atoms with E-state index in [0.717, 1.165) is 19.3 Å². The summed E-state index contributed by atoms with van der Waals surface area (Å²) in [6, 6.07) is 0. The Labute approximate surface area is 129 Å². The molecular weight excluding hydrogens is 288 g/mol. The van der Waals surface area contributed by atoms with E-state index < -0.39 is 23.3 Å². The molecule has 22 heavy (non-hydrogen) atoms. The van der Waals surface area contributed by atoms with Crippen molar-refractivity contribution < 1.29 is 28.6 Å². The van der Waals surface area contributed by atoms with Crippen LogP contribution < -0.4 is 0 Å². The zero-order chi connectivity index (χ0) is 16.1. The van der Waals surface area contributed by atoms with Gasteiger partial charge >= 0.3 is 17.9 Å². The summed E-state index contributed by atoms with van der Waals surface area (Å²) >= 11 is 0. The Morgan fingerprint density at radius 1 is 0.773 bits per heavy atom. The highest BCUT2D eigenvalue weighted by atomic mass is 16.7. The molecule has 4 saturated carbocycles. The van der Waals surface area contributed by atoms with Crippen LogP contribution >= 0.6 is 0 Å². The molecule has 0 unspecified atom stereocenters. The Balaban J connectivity index is 1.93. The SMILES string of the molecule is CC(=O)OC12CC3C[C@@H](C1)C(OC(C)=O)(OC(C)=O)[C@@H](C3)C2. The molecule has 4 fully saturated rings. The highest BCUT2D eigenvalue weighted by Gasteiger charge is 2.67. The van der Waals surface area contributed by atoms with E-state index in [1.165, 1.54) is 20.8 Å². The molecule has 4 rings (SSSR count). The van der Waals surface area contributed by atoms with Gasteiger partial charge in [0.1, 0.15) is 5.60 Å². The van der Waals surface area contributed by atoms with Gasteiger partial charge in [0.15, 0.2) is 0 Å². The van der Waals surface area contributed by atoms with Crippen molar-refractivity contribution in [3.63, 3.8) is 0 Å². The van der Waals surface area contributed by atoms with Gasteiger partial charge in [-0.1, -0.05) is 0 Å². The van der Waals surface area contributed by atoms with Gasteiger partial charge in [-0.2, -0.15) is 0 Å². The second-order valence-corrected chi connectivity index (χ2v) is 7.03. The van der Waals surface area contributed by atoms with Crippen LogP contribution in [0.25, 0.3) is 0 Å². The third-order valence-corrected chi connectivity index (χ3v) is 5.24. The van der Waals surface area contributed by atoms with Gasteiger partial charge < -0.3 is 14.2 Å². The Bertz CT molecular complexity index is 491. The third kappa shape index (κ3) is 2.38. The normalized spacial score (nSPS) is 37.5. The van der Waals surface area contributed by atoms with Gasteiger partial charge in [-0.3, -0.25) is 14.4 Å². The predicted octanol–water partition coefficient (Wildman–Crippen LogP) is 1.95. The summed E-state index contributed by atoms with van der Waals surface area (Å²) in [5, 5.41) is 0. The van der Waals surface area contributed by atoms with Crippen molar-refractivity contribution in [3.8, 4) is 0 Å². The first-order valence-electron chi connectivity index (χ1n) is 7.83. The maximum atomic E-state index is 11.6. The molecule has 0 heterocycles. The van der Waals surface area contributed by atoms with Crippen LogP contribution in [0.2, 0.25) is 0 Å². The first-order chi connectivity index (χ1) is 10.2. The molecule has 0 radical (unpaired) electrons. The molecular formula is C16H22O6. The summed E-state index contributed by atoms with van der Waals surface area (Å²) in [6.45, 7) is 4.08. The van der Waals surface area contributed by atoms with Crippen molar-refractivity contribution in [1.82, 2.24) is 0 Å². The Hall–Kier alpha value is -1.59. The highest BCUT2D eigenvalue weighted by Crippen LogP contribution is 2.62. The summed E-state index contributed by atoms with van der Waals surface area (Å²) in [6.07, 6.45) is 3.69. The van der Waals surface area contributed by atoms with Crippen molar-refractivity contribution in [2.45, 2.75) is 64.3 Å². The van der Waals surface area contributed by atoms with E-state index in [9.17, 15) is 14.4 Å². The number of hydrogen-bond acceptors (Lipinski definition) is 6. The topological polar surface area (TPSA) is 78.9 Å². The zero-order valence-corrected chi connectivity index (χ0v) is 13.2. The number of rotatable bonds is 3. The molecule has 0 amide bonds. The van der Waals surface area contributed by atoms with Crippen molar-refractivity contribution >= 4 is 17.9 Å². The monoisotopic (exact) mass is 310 g/mol. The van der Waals surface area contributed by atoms with Gasteiger partial charge in [-0.05, 0) is 38.0 Å². The molecule has 4 aliphatic rings. The summed E-state index contributed by atoms with van der Waals surface area (Å²) in [4.78, 5) is 34.6. The molecule has 0 aromatic rings. The minimum absolute atomic E-state index is 0.106. The molecule has 4 bridgehead atoms. The maximum absolute atomic E-state index is 11.6. The summed E-state index contributed by atoms with van der Waals surface area (Å²) in [7, 11) is 0. The van der Waals surface area contributed by atoms with Crippen molar-refractivity contribution in [3.05, 3.63) is 0 Å². The van der Waals surface area contributed by atoms with Crippen LogP contribution in [-0.2, 0) is 28.6 Å². The number of esters is 3. The molecule has 0 saturated heterocycles. The largest absolute Gasteiger partial charge is 0.459 e. The average Bonchev–Trinajstić information content (AvgIpc) is 2.31.